The van der Waals surface area contributed by atoms with Crippen LogP contribution in [0.1, 0.15) is 50.2 Å². The fourth-order valence-corrected chi connectivity index (χ4v) is 3.73. The summed E-state index contributed by atoms with van der Waals surface area (Å²) in [5.74, 6) is 4.85. The summed E-state index contributed by atoms with van der Waals surface area (Å²) in [6.45, 7) is 5.14. The molecule has 2 saturated heterocycles. The van der Waals surface area contributed by atoms with Gasteiger partial charge in [-0.05, 0) is 45.2 Å². The number of amides is 2. The molecule has 0 bridgehead atoms. The number of benzene rings is 1. The highest BCUT2D eigenvalue weighted by Gasteiger charge is 2.48. The lowest BCUT2D eigenvalue weighted by molar-refractivity contribution is -0.145. The number of hydrogen-bond acceptors (Lipinski definition) is 3. The third-order valence-electron chi connectivity index (χ3n) is 4.48. The Hall–Kier alpha value is -2.19. The highest BCUT2D eigenvalue weighted by Crippen LogP contribution is 2.40. The van der Waals surface area contributed by atoms with Crippen LogP contribution in [-0.4, -0.2) is 41.5 Å². The van der Waals surface area contributed by atoms with E-state index < -0.39 is 5.92 Å². The van der Waals surface area contributed by atoms with Crippen molar-refractivity contribution >= 4 is 23.4 Å². The third kappa shape index (κ3) is 3.19. The Kier molecular flexibility index (Phi) is 5.19. The lowest BCUT2D eigenvalue weighted by Gasteiger charge is -2.24. The summed E-state index contributed by atoms with van der Waals surface area (Å²) in [7, 11) is 0. The first kappa shape index (κ1) is 17.6. The van der Waals surface area contributed by atoms with Gasteiger partial charge in [0.25, 0.3) is 11.8 Å². The molecule has 0 saturated carbocycles. The molecule has 1 aromatic carbocycles. The van der Waals surface area contributed by atoms with Crippen LogP contribution in [0.2, 0.25) is 5.02 Å². The number of fused-ring (bicyclic) bond motifs is 1. The number of carbonyl (C=O) groups is 2. The van der Waals surface area contributed by atoms with Gasteiger partial charge in [0.2, 0.25) is 0 Å². The number of ether oxygens (including phenoxy) is 1. The highest BCUT2D eigenvalue weighted by molar-refractivity contribution is 6.32. The minimum Gasteiger partial charge on any atom is -0.493 e. The standard InChI is InChI=1S/C19H21ClN2O3/c1-3-8-13-11-14(20)16(15(12-13)25-4-2)17-18(23)21-9-6-5-7-10-22(21)19(17)24/h11-12,17H,4-7,9-10H2,1-2H3. The molecule has 0 N–H and O–H groups in total. The largest absolute Gasteiger partial charge is 0.493 e. The molecule has 6 heteroatoms. The predicted molar refractivity (Wildman–Crippen MR) is 95.2 cm³/mol. The average Bonchev–Trinajstić information content (AvgIpc) is 2.75. The van der Waals surface area contributed by atoms with Crippen LogP contribution in [0.4, 0.5) is 0 Å². The van der Waals surface area contributed by atoms with E-state index in [-0.39, 0.29) is 11.8 Å². The molecule has 0 radical (unpaired) electrons. The lowest BCUT2D eigenvalue weighted by Crippen LogP contribution is -2.40. The van der Waals surface area contributed by atoms with Gasteiger partial charge in [-0.1, -0.05) is 17.5 Å². The summed E-state index contributed by atoms with van der Waals surface area (Å²) < 4.78 is 5.70. The van der Waals surface area contributed by atoms with Crippen LogP contribution < -0.4 is 4.74 Å². The minimum absolute atomic E-state index is 0.218. The van der Waals surface area contributed by atoms with Gasteiger partial charge in [0.15, 0.2) is 5.92 Å². The summed E-state index contributed by atoms with van der Waals surface area (Å²) in [4.78, 5) is 25.9. The van der Waals surface area contributed by atoms with Gasteiger partial charge in [0.1, 0.15) is 5.75 Å². The lowest BCUT2D eigenvalue weighted by atomic mass is 9.95. The first-order valence-corrected chi connectivity index (χ1v) is 8.98. The topological polar surface area (TPSA) is 49.9 Å². The Bertz CT molecular complexity index is 742. The van der Waals surface area contributed by atoms with Gasteiger partial charge in [-0.3, -0.25) is 19.6 Å². The molecule has 0 atom stereocenters. The molecule has 2 heterocycles. The molecule has 0 unspecified atom stereocenters. The molecule has 3 rings (SSSR count). The quantitative estimate of drug-likeness (QED) is 0.615. The summed E-state index contributed by atoms with van der Waals surface area (Å²) in [5, 5.41) is 3.49. The zero-order valence-corrected chi connectivity index (χ0v) is 15.2. The molecule has 5 nitrogen and oxygen atoms in total. The monoisotopic (exact) mass is 360 g/mol. The normalized spacial score (nSPS) is 17.9. The Labute approximate surface area is 152 Å². The second-order valence-electron chi connectivity index (χ2n) is 6.09. The van der Waals surface area contributed by atoms with Gasteiger partial charge >= 0.3 is 0 Å². The maximum atomic E-state index is 12.9. The Morgan fingerprint density at radius 1 is 1.16 bits per heavy atom. The zero-order chi connectivity index (χ0) is 18.0. The number of rotatable bonds is 3. The fourth-order valence-electron chi connectivity index (χ4n) is 3.41. The predicted octanol–water partition coefficient (Wildman–Crippen LogP) is 2.96. The van der Waals surface area contributed by atoms with Crippen molar-refractivity contribution in [2.45, 2.75) is 39.0 Å². The molecule has 2 amide bonds. The molecule has 1 aromatic rings. The van der Waals surface area contributed by atoms with Gasteiger partial charge in [0, 0.05) is 24.2 Å². The Balaban J connectivity index is 2.07. The first-order chi connectivity index (χ1) is 12.1. The van der Waals surface area contributed by atoms with Gasteiger partial charge in [-0.2, -0.15) is 0 Å². The highest BCUT2D eigenvalue weighted by atomic mass is 35.5. The minimum atomic E-state index is -0.934. The Morgan fingerprint density at radius 2 is 1.80 bits per heavy atom. The molecule has 0 spiro atoms. The summed E-state index contributed by atoms with van der Waals surface area (Å²) in [6.07, 6.45) is 2.83. The van der Waals surface area contributed by atoms with E-state index >= 15 is 0 Å². The van der Waals surface area contributed by atoms with Crippen molar-refractivity contribution in [1.29, 1.82) is 0 Å². The van der Waals surface area contributed by atoms with Crippen molar-refractivity contribution in [3.05, 3.63) is 28.3 Å². The van der Waals surface area contributed by atoms with Crippen molar-refractivity contribution < 1.29 is 14.3 Å². The number of carbonyl (C=O) groups excluding carboxylic acids is 2. The summed E-state index contributed by atoms with van der Waals surface area (Å²) in [6, 6.07) is 3.44. The smallest absolute Gasteiger partial charge is 0.258 e. The number of halogens is 1. The van der Waals surface area contributed by atoms with Crippen LogP contribution in [-0.2, 0) is 9.59 Å². The van der Waals surface area contributed by atoms with Crippen molar-refractivity contribution in [2.75, 3.05) is 19.7 Å². The molecule has 25 heavy (non-hydrogen) atoms. The third-order valence-corrected chi connectivity index (χ3v) is 4.80. The van der Waals surface area contributed by atoms with Gasteiger partial charge in [-0.15, -0.1) is 5.92 Å². The van der Waals surface area contributed by atoms with E-state index in [0.29, 0.717) is 41.6 Å². The van der Waals surface area contributed by atoms with E-state index in [0.717, 1.165) is 19.3 Å². The molecule has 132 valence electrons. The van der Waals surface area contributed by atoms with Crippen molar-refractivity contribution in [2.24, 2.45) is 0 Å². The number of hydrazine groups is 1. The van der Waals surface area contributed by atoms with E-state index in [4.69, 9.17) is 16.3 Å². The van der Waals surface area contributed by atoms with Crippen molar-refractivity contribution in [3.63, 3.8) is 0 Å². The second-order valence-corrected chi connectivity index (χ2v) is 6.50. The van der Waals surface area contributed by atoms with E-state index in [1.807, 2.05) is 6.92 Å². The Morgan fingerprint density at radius 3 is 2.36 bits per heavy atom. The van der Waals surface area contributed by atoms with Crippen LogP contribution in [0.15, 0.2) is 12.1 Å². The van der Waals surface area contributed by atoms with Gasteiger partial charge < -0.3 is 4.74 Å². The van der Waals surface area contributed by atoms with Crippen molar-refractivity contribution in [3.8, 4) is 17.6 Å². The van der Waals surface area contributed by atoms with E-state index in [1.54, 1.807) is 29.1 Å². The fraction of sp³-hybridized carbons (Fsp3) is 0.474. The second kappa shape index (κ2) is 7.37. The number of nitrogens with zero attached hydrogens (tertiary/aromatic N) is 2. The van der Waals surface area contributed by atoms with E-state index in [2.05, 4.69) is 11.8 Å². The molecule has 0 aromatic heterocycles. The molecule has 2 aliphatic heterocycles. The molecular formula is C19H21ClN2O3. The first-order valence-electron chi connectivity index (χ1n) is 8.60. The molecule has 2 fully saturated rings. The van der Waals surface area contributed by atoms with Crippen LogP contribution in [0.25, 0.3) is 0 Å². The molecular weight excluding hydrogens is 340 g/mol. The summed E-state index contributed by atoms with van der Waals surface area (Å²) >= 11 is 6.46. The van der Waals surface area contributed by atoms with Crippen LogP contribution >= 0.6 is 11.6 Å². The molecule has 0 aliphatic carbocycles. The SMILES string of the molecule is CC#Cc1cc(Cl)c(C2C(=O)N3CCCCCN3C2=O)c(OCC)c1. The maximum absolute atomic E-state index is 12.9. The zero-order valence-electron chi connectivity index (χ0n) is 14.5. The van der Waals surface area contributed by atoms with Gasteiger partial charge in [0.05, 0.1) is 11.6 Å². The van der Waals surface area contributed by atoms with Crippen LogP contribution in [0.3, 0.4) is 0 Å². The van der Waals surface area contributed by atoms with Crippen molar-refractivity contribution in [1.82, 2.24) is 10.0 Å². The van der Waals surface area contributed by atoms with E-state index in [1.165, 1.54) is 0 Å². The molecule has 2 aliphatic rings. The number of hydrogen-bond donors (Lipinski definition) is 0. The van der Waals surface area contributed by atoms with Gasteiger partial charge in [-0.25, -0.2) is 0 Å². The summed E-state index contributed by atoms with van der Waals surface area (Å²) in [5.41, 5.74) is 1.15. The van der Waals surface area contributed by atoms with Crippen LogP contribution in [0.5, 0.6) is 5.75 Å². The average molecular weight is 361 g/mol. The maximum Gasteiger partial charge on any atom is 0.258 e. The van der Waals surface area contributed by atoms with Crippen LogP contribution in [0, 0.1) is 11.8 Å². The van der Waals surface area contributed by atoms with E-state index in [9.17, 15) is 9.59 Å².